The molecule has 1 aliphatic rings. The van der Waals surface area contributed by atoms with Crippen molar-refractivity contribution in [3.8, 4) is 11.5 Å². The second-order valence-corrected chi connectivity index (χ2v) is 7.42. The SMILES string of the molecule is COCCN(CC(=O)N(Cc1ccc2c(c1)OCO2)Cc1ccco1)C(=O)C(C)C. The number of furan rings is 1. The molecule has 0 bridgehead atoms. The first-order valence-electron chi connectivity index (χ1n) is 9.94. The van der Waals surface area contributed by atoms with Gasteiger partial charge in [-0.1, -0.05) is 19.9 Å². The minimum absolute atomic E-state index is 0.0222. The molecule has 0 saturated heterocycles. The lowest BCUT2D eigenvalue weighted by Crippen LogP contribution is -2.45. The molecule has 162 valence electrons. The van der Waals surface area contributed by atoms with Crippen molar-refractivity contribution in [1.82, 2.24) is 9.80 Å². The number of nitrogens with zero attached hydrogens (tertiary/aromatic N) is 2. The van der Waals surface area contributed by atoms with Gasteiger partial charge in [0.2, 0.25) is 18.6 Å². The normalized spacial score (nSPS) is 12.3. The zero-order chi connectivity index (χ0) is 21.5. The van der Waals surface area contributed by atoms with Gasteiger partial charge in [0.1, 0.15) is 5.76 Å². The van der Waals surface area contributed by atoms with E-state index in [1.165, 1.54) is 0 Å². The number of carbonyl (C=O) groups is 2. The van der Waals surface area contributed by atoms with Gasteiger partial charge in [-0.3, -0.25) is 9.59 Å². The molecule has 0 radical (unpaired) electrons. The molecule has 2 heterocycles. The van der Waals surface area contributed by atoms with Gasteiger partial charge in [0.05, 0.1) is 26.0 Å². The number of methoxy groups -OCH3 is 1. The number of hydrogen-bond donors (Lipinski definition) is 0. The Morgan fingerprint density at radius 3 is 2.60 bits per heavy atom. The second kappa shape index (κ2) is 10.2. The standard InChI is InChI=1S/C22H28N2O6/c1-16(2)22(26)23(8-10-27-3)14-21(25)24(13-18-5-4-9-28-18)12-17-6-7-19-20(11-17)30-15-29-19/h4-7,9,11,16H,8,10,12-15H2,1-3H3. The summed E-state index contributed by atoms with van der Waals surface area (Å²) in [6.45, 7) is 5.19. The van der Waals surface area contributed by atoms with Crippen LogP contribution in [0.25, 0.3) is 0 Å². The summed E-state index contributed by atoms with van der Waals surface area (Å²) in [7, 11) is 1.57. The monoisotopic (exact) mass is 416 g/mol. The van der Waals surface area contributed by atoms with Crippen molar-refractivity contribution in [1.29, 1.82) is 0 Å². The fourth-order valence-electron chi connectivity index (χ4n) is 3.18. The molecule has 1 aliphatic heterocycles. The van der Waals surface area contributed by atoms with E-state index in [-0.39, 0.29) is 31.1 Å². The number of amides is 2. The fraction of sp³-hybridized carbons (Fsp3) is 0.455. The van der Waals surface area contributed by atoms with Crippen LogP contribution in [0.2, 0.25) is 0 Å². The summed E-state index contributed by atoms with van der Waals surface area (Å²) in [6, 6.07) is 9.21. The van der Waals surface area contributed by atoms with Crippen LogP contribution in [-0.4, -0.2) is 55.2 Å². The van der Waals surface area contributed by atoms with Gasteiger partial charge in [0.25, 0.3) is 0 Å². The van der Waals surface area contributed by atoms with Crippen molar-refractivity contribution < 1.29 is 28.2 Å². The quantitative estimate of drug-likeness (QED) is 0.592. The maximum atomic E-state index is 13.2. The maximum absolute atomic E-state index is 13.2. The molecule has 1 aromatic carbocycles. The van der Waals surface area contributed by atoms with Crippen molar-refractivity contribution in [2.45, 2.75) is 26.9 Å². The smallest absolute Gasteiger partial charge is 0.242 e. The first-order chi connectivity index (χ1) is 14.5. The van der Waals surface area contributed by atoms with E-state index in [4.69, 9.17) is 18.6 Å². The molecule has 3 rings (SSSR count). The van der Waals surface area contributed by atoms with Crippen LogP contribution in [0, 0.1) is 5.92 Å². The van der Waals surface area contributed by atoms with E-state index in [2.05, 4.69) is 0 Å². The Morgan fingerprint density at radius 1 is 1.10 bits per heavy atom. The topological polar surface area (TPSA) is 81.5 Å². The van der Waals surface area contributed by atoms with Crippen molar-refractivity contribution in [2.24, 2.45) is 5.92 Å². The highest BCUT2D eigenvalue weighted by Gasteiger charge is 2.24. The average Bonchev–Trinajstić information content (AvgIpc) is 3.41. The zero-order valence-electron chi connectivity index (χ0n) is 17.6. The van der Waals surface area contributed by atoms with Crippen molar-refractivity contribution in [2.75, 3.05) is 33.6 Å². The Hall–Kier alpha value is -3.00. The molecule has 30 heavy (non-hydrogen) atoms. The zero-order valence-corrected chi connectivity index (χ0v) is 17.6. The van der Waals surface area contributed by atoms with E-state index >= 15 is 0 Å². The van der Waals surface area contributed by atoms with Gasteiger partial charge in [-0.25, -0.2) is 0 Å². The molecular formula is C22H28N2O6. The summed E-state index contributed by atoms with van der Waals surface area (Å²) in [5.41, 5.74) is 0.901. The van der Waals surface area contributed by atoms with E-state index in [0.29, 0.717) is 43.5 Å². The average molecular weight is 416 g/mol. The third-order valence-corrected chi connectivity index (χ3v) is 4.79. The largest absolute Gasteiger partial charge is 0.467 e. The Bertz CT molecular complexity index is 849. The number of ether oxygens (including phenoxy) is 3. The predicted molar refractivity (Wildman–Crippen MR) is 109 cm³/mol. The summed E-state index contributed by atoms with van der Waals surface area (Å²) in [5.74, 6) is 1.56. The number of hydrogen-bond acceptors (Lipinski definition) is 6. The van der Waals surface area contributed by atoms with E-state index in [1.807, 2.05) is 38.1 Å². The van der Waals surface area contributed by atoms with Crippen LogP contribution in [-0.2, 0) is 27.4 Å². The van der Waals surface area contributed by atoms with Crippen LogP contribution >= 0.6 is 0 Å². The number of rotatable bonds is 10. The summed E-state index contributed by atoms with van der Waals surface area (Å²) in [6.07, 6.45) is 1.58. The predicted octanol–water partition coefficient (Wildman–Crippen LogP) is 2.67. The third kappa shape index (κ3) is 5.54. The molecule has 0 N–H and O–H groups in total. The molecule has 2 amide bonds. The van der Waals surface area contributed by atoms with Gasteiger partial charge in [-0.2, -0.15) is 0 Å². The fourth-order valence-corrected chi connectivity index (χ4v) is 3.18. The van der Waals surface area contributed by atoms with Crippen LogP contribution in [0.4, 0.5) is 0 Å². The Morgan fingerprint density at radius 2 is 1.90 bits per heavy atom. The summed E-state index contributed by atoms with van der Waals surface area (Å²) >= 11 is 0. The highest BCUT2D eigenvalue weighted by molar-refractivity contribution is 5.85. The van der Waals surface area contributed by atoms with Crippen molar-refractivity contribution >= 4 is 11.8 Å². The molecule has 0 fully saturated rings. The number of fused-ring (bicyclic) bond motifs is 1. The number of carbonyl (C=O) groups excluding carboxylic acids is 2. The molecule has 0 saturated carbocycles. The van der Waals surface area contributed by atoms with Gasteiger partial charge in [-0.15, -0.1) is 0 Å². The molecule has 0 unspecified atom stereocenters. The van der Waals surface area contributed by atoms with Crippen LogP contribution in [0.1, 0.15) is 25.2 Å². The van der Waals surface area contributed by atoms with E-state index < -0.39 is 0 Å². The minimum atomic E-state index is -0.206. The van der Waals surface area contributed by atoms with E-state index in [0.717, 1.165) is 5.56 Å². The lowest BCUT2D eigenvalue weighted by Gasteiger charge is -2.28. The van der Waals surface area contributed by atoms with Crippen molar-refractivity contribution in [3.05, 3.63) is 47.9 Å². The molecule has 0 spiro atoms. The van der Waals surface area contributed by atoms with Crippen LogP contribution < -0.4 is 9.47 Å². The third-order valence-electron chi connectivity index (χ3n) is 4.79. The van der Waals surface area contributed by atoms with Gasteiger partial charge < -0.3 is 28.4 Å². The summed E-state index contributed by atoms with van der Waals surface area (Å²) < 4.78 is 21.3. The van der Waals surface area contributed by atoms with Crippen molar-refractivity contribution in [3.63, 3.8) is 0 Å². The Kier molecular flexibility index (Phi) is 7.35. The Labute approximate surface area is 176 Å². The number of benzene rings is 1. The lowest BCUT2D eigenvalue weighted by molar-refractivity contribution is -0.143. The minimum Gasteiger partial charge on any atom is -0.467 e. The Balaban J connectivity index is 1.76. The van der Waals surface area contributed by atoms with Gasteiger partial charge in [0.15, 0.2) is 11.5 Å². The molecular weight excluding hydrogens is 388 g/mol. The first kappa shape index (κ1) is 21.7. The molecule has 2 aromatic rings. The van der Waals surface area contributed by atoms with E-state index in [1.54, 1.807) is 29.2 Å². The summed E-state index contributed by atoms with van der Waals surface area (Å²) in [4.78, 5) is 29.0. The second-order valence-electron chi connectivity index (χ2n) is 7.42. The molecule has 0 aliphatic carbocycles. The first-order valence-corrected chi connectivity index (χ1v) is 9.94. The van der Waals surface area contributed by atoms with Crippen LogP contribution in [0.3, 0.4) is 0 Å². The summed E-state index contributed by atoms with van der Waals surface area (Å²) in [5, 5.41) is 0. The highest BCUT2D eigenvalue weighted by Crippen LogP contribution is 2.33. The van der Waals surface area contributed by atoms with Crippen LogP contribution in [0.5, 0.6) is 11.5 Å². The van der Waals surface area contributed by atoms with Gasteiger partial charge in [-0.05, 0) is 29.8 Å². The highest BCUT2D eigenvalue weighted by atomic mass is 16.7. The molecule has 8 heteroatoms. The molecule has 8 nitrogen and oxygen atoms in total. The lowest BCUT2D eigenvalue weighted by atomic mass is 10.1. The van der Waals surface area contributed by atoms with Gasteiger partial charge in [0, 0.05) is 26.1 Å². The maximum Gasteiger partial charge on any atom is 0.242 e. The van der Waals surface area contributed by atoms with Crippen LogP contribution in [0.15, 0.2) is 41.0 Å². The molecule has 0 atom stereocenters. The van der Waals surface area contributed by atoms with E-state index in [9.17, 15) is 9.59 Å². The molecule has 1 aromatic heterocycles. The van der Waals surface area contributed by atoms with Gasteiger partial charge >= 0.3 is 0 Å².